The number of furan rings is 1. The Hall–Kier alpha value is -6.73. The molecule has 76 heavy (non-hydrogen) atoms. The number of carbonyl (C=O) groups excluding carboxylic acids is 5. The van der Waals surface area contributed by atoms with Crippen molar-refractivity contribution in [2.75, 3.05) is 61.9 Å². The van der Waals surface area contributed by atoms with E-state index in [0.717, 1.165) is 72.8 Å². The third kappa shape index (κ3) is 8.61. The van der Waals surface area contributed by atoms with Gasteiger partial charge in [-0.25, -0.2) is 15.0 Å². The number of ketones is 1. The van der Waals surface area contributed by atoms with Crippen LogP contribution < -0.4 is 20.9 Å². The number of nitrogens with zero attached hydrogens (tertiary/aromatic N) is 5. The fourth-order valence-electron chi connectivity index (χ4n) is 13.6. The third-order valence-corrected chi connectivity index (χ3v) is 18.6. The van der Waals surface area contributed by atoms with Gasteiger partial charge in [-0.1, -0.05) is 72.7 Å². The van der Waals surface area contributed by atoms with Gasteiger partial charge in [0.1, 0.15) is 40.3 Å². The molecule has 0 radical (unpaired) electrons. The summed E-state index contributed by atoms with van der Waals surface area (Å²) in [5.41, 5.74) is 2.97. The van der Waals surface area contributed by atoms with E-state index in [4.69, 9.17) is 35.2 Å². The summed E-state index contributed by atoms with van der Waals surface area (Å²) >= 11 is 7.54. The van der Waals surface area contributed by atoms with E-state index in [9.17, 15) is 24.0 Å². The second-order valence-corrected chi connectivity index (χ2v) is 23.0. The molecule has 3 aliphatic heterocycles. The second kappa shape index (κ2) is 19.7. The first-order valence-electron chi connectivity index (χ1n) is 25.9. The van der Waals surface area contributed by atoms with Gasteiger partial charge in [-0.2, -0.15) is 0 Å². The van der Waals surface area contributed by atoms with Gasteiger partial charge < -0.3 is 39.5 Å². The van der Waals surface area contributed by atoms with Crippen LogP contribution in [0.25, 0.3) is 11.3 Å². The van der Waals surface area contributed by atoms with E-state index in [-0.39, 0.29) is 42.0 Å². The van der Waals surface area contributed by atoms with Gasteiger partial charge in [0.05, 0.1) is 48.2 Å². The van der Waals surface area contributed by atoms with Crippen molar-refractivity contribution in [3.63, 3.8) is 0 Å². The maximum Gasteiger partial charge on any atom is 0.316 e. The number of rotatable bonds is 14. The van der Waals surface area contributed by atoms with Crippen LogP contribution in [0.2, 0.25) is 5.02 Å². The van der Waals surface area contributed by atoms with E-state index in [2.05, 4.69) is 49.6 Å². The Kier molecular flexibility index (Phi) is 13.3. The highest BCUT2D eigenvalue weighted by Gasteiger charge is 2.78. The number of allylic oxidation sites excluding steroid dienone is 2. The highest BCUT2D eigenvalue weighted by atomic mass is 35.5. The summed E-state index contributed by atoms with van der Waals surface area (Å²) in [7, 11) is 1.36. The molecule has 6 heterocycles. The minimum atomic E-state index is -1.10. The van der Waals surface area contributed by atoms with Crippen molar-refractivity contribution in [3.05, 3.63) is 123 Å². The highest BCUT2D eigenvalue weighted by Crippen LogP contribution is 2.72. The Bertz CT molecular complexity index is 3220. The number of thiazole rings is 1. The first-order valence-corrected chi connectivity index (χ1v) is 27.1. The number of para-hydroxylation sites is 1. The van der Waals surface area contributed by atoms with Gasteiger partial charge in [0, 0.05) is 78.1 Å². The van der Waals surface area contributed by atoms with Crippen molar-refractivity contribution in [2.24, 2.45) is 28.1 Å². The standard InChI is InChI=1S/C57H61ClN8O9S/c1-30-10-8-11-37(58)46(30)64-52(70)39-29-60-54(76-39)63-42-28-43(62-32(3)61-42)66-23-21-65(22-24-66)20-9-19-59-51(69)34-14-12-33(13-15-34)47-35(17-25-73-47)36-26-38-45(31(36)2)57(6)40(27-44(68)72-7)56(5)41(67)16-18-55(4)49(56)48(50(57)74-38)75-53(55)71/h8,10-18,25,28-29,36,38,40,48-50H,9,19-24,26-27H2,1-7H3,(H,59,69)(H,64,70)(H,60,61,62,63)/t36-,38-,40-,48-,49+,50-,55-,56+,57-/m1/s1. The Labute approximate surface area is 449 Å². The number of ether oxygens (including phenoxy) is 3. The largest absolute Gasteiger partial charge is 0.469 e. The third-order valence-electron chi connectivity index (χ3n) is 17.3. The van der Waals surface area contributed by atoms with E-state index in [0.29, 0.717) is 56.7 Å². The van der Waals surface area contributed by atoms with Crippen molar-refractivity contribution >= 4 is 74.9 Å². The summed E-state index contributed by atoms with van der Waals surface area (Å²) in [6.45, 7) is 16.2. The maximum atomic E-state index is 14.2. The minimum absolute atomic E-state index is 0.0126. The zero-order valence-corrected chi connectivity index (χ0v) is 45.1. The molecule has 3 N–H and O–H groups in total. The quantitative estimate of drug-likeness (QED) is 0.0539. The molecule has 19 heteroatoms. The number of nitrogens with one attached hydrogen (secondary N) is 3. The molecule has 0 unspecified atom stereocenters. The van der Waals surface area contributed by atoms with Gasteiger partial charge in [-0.3, -0.25) is 28.9 Å². The van der Waals surface area contributed by atoms with Crippen LogP contribution in [-0.2, 0) is 28.6 Å². The molecular weight excluding hydrogens is 1010 g/mol. The number of carbonyl (C=O) groups is 5. The van der Waals surface area contributed by atoms with E-state index in [1.807, 2.05) is 76.2 Å². The number of methoxy groups -OCH3 is 1. The summed E-state index contributed by atoms with van der Waals surface area (Å²) in [5, 5.41) is 10.2. The molecule has 396 valence electrons. The fourth-order valence-corrected chi connectivity index (χ4v) is 14.6. The Morgan fingerprint density at radius 1 is 0.961 bits per heavy atom. The lowest BCUT2D eigenvalue weighted by molar-refractivity contribution is -0.190. The summed E-state index contributed by atoms with van der Waals surface area (Å²) in [5.74, 6) is 0.208. The second-order valence-electron chi connectivity index (χ2n) is 21.6. The predicted octanol–water partition coefficient (Wildman–Crippen LogP) is 8.86. The molecule has 5 aromatic rings. The molecule has 9 atom stereocenters. The molecule has 6 aliphatic rings. The van der Waals surface area contributed by atoms with Crippen molar-refractivity contribution in [1.82, 2.24) is 25.2 Å². The van der Waals surface area contributed by atoms with Gasteiger partial charge in [0.25, 0.3) is 11.8 Å². The minimum Gasteiger partial charge on any atom is -0.469 e. The number of hydrogen-bond acceptors (Lipinski definition) is 16. The van der Waals surface area contributed by atoms with Crippen LogP contribution >= 0.6 is 22.9 Å². The molecule has 0 bridgehead atoms. The SMILES string of the molecule is COC(=O)C[C@H]1[C@]2(C)C3=C(C)[C@H](c4ccoc4-c4ccc(C(=O)NCCCN5CCN(c6cc(Nc7ncc(C(=O)Nc8c(C)cccc8Cl)s7)nc(C)n6)CC5)cc4)C[C@H]3O[C@@H]2[C@@H]2OC(=O)[C@]3(C)C=CC(=O)[C@@]1(C)[C@@H]23. The maximum absolute atomic E-state index is 14.2. The van der Waals surface area contributed by atoms with Gasteiger partial charge in [0.2, 0.25) is 0 Å². The highest BCUT2D eigenvalue weighted by molar-refractivity contribution is 7.17. The van der Waals surface area contributed by atoms with E-state index in [1.54, 1.807) is 18.4 Å². The molecule has 17 nitrogen and oxygen atoms in total. The number of benzene rings is 2. The van der Waals surface area contributed by atoms with Crippen LogP contribution in [0.15, 0.2) is 94.8 Å². The van der Waals surface area contributed by atoms with Crippen LogP contribution in [-0.4, -0.2) is 114 Å². The average Bonchev–Trinajstić information content (AvgIpc) is 4.43. The zero-order chi connectivity index (χ0) is 53.4. The van der Waals surface area contributed by atoms with Crippen LogP contribution in [0.1, 0.15) is 89.9 Å². The molecule has 3 aromatic heterocycles. The molecule has 3 saturated heterocycles. The lowest BCUT2D eigenvalue weighted by atomic mass is 9.42. The van der Waals surface area contributed by atoms with Crippen molar-refractivity contribution in [2.45, 2.75) is 85.0 Å². The van der Waals surface area contributed by atoms with Crippen LogP contribution in [0.5, 0.6) is 0 Å². The first kappa shape index (κ1) is 51.4. The number of fused-ring (bicyclic) bond motifs is 4. The van der Waals surface area contributed by atoms with Gasteiger partial charge in [-0.05, 0) is 94.5 Å². The molecule has 11 rings (SSSR count). The first-order chi connectivity index (χ1) is 36.4. The van der Waals surface area contributed by atoms with Crippen molar-refractivity contribution in [1.29, 1.82) is 0 Å². The lowest BCUT2D eigenvalue weighted by Gasteiger charge is -2.59. The summed E-state index contributed by atoms with van der Waals surface area (Å²) in [4.78, 5) is 86.2. The molecule has 3 aliphatic carbocycles. The molecular formula is C57H61ClN8O9S. The summed E-state index contributed by atoms with van der Waals surface area (Å²) in [6, 6.07) is 16.8. The Morgan fingerprint density at radius 2 is 1.74 bits per heavy atom. The van der Waals surface area contributed by atoms with Crippen molar-refractivity contribution in [3.8, 4) is 11.3 Å². The monoisotopic (exact) mass is 1070 g/mol. The topological polar surface area (TPSA) is 207 Å². The molecule has 2 amide bonds. The summed E-state index contributed by atoms with van der Waals surface area (Å²) < 4.78 is 24.6. The lowest BCUT2D eigenvalue weighted by Crippen LogP contribution is -2.66. The zero-order valence-electron chi connectivity index (χ0n) is 43.5. The van der Waals surface area contributed by atoms with Crippen molar-refractivity contribution < 1.29 is 42.6 Å². The molecule has 1 saturated carbocycles. The number of aromatic nitrogens is 3. The number of hydrogen-bond donors (Lipinski definition) is 3. The van der Waals surface area contributed by atoms with Gasteiger partial charge in [-0.15, -0.1) is 0 Å². The average molecular weight is 1070 g/mol. The number of anilines is 4. The number of amides is 2. The molecule has 2 aromatic carbocycles. The number of aryl methyl sites for hydroxylation is 2. The van der Waals surface area contributed by atoms with Gasteiger partial charge >= 0.3 is 11.9 Å². The van der Waals surface area contributed by atoms with E-state index >= 15 is 0 Å². The van der Waals surface area contributed by atoms with Crippen LogP contribution in [0, 0.1) is 41.9 Å². The number of piperazine rings is 1. The van der Waals surface area contributed by atoms with E-state index < -0.39 is 46.3 Å². The van der Waals surface area contributed by atoms with Crippen LogP contribution in [0.3, 0.4) is 0 Å². The Balaban J connectivity index is 0.686. The summed E-state index contributed by atoms with van der Waals surface area (Å²) in [6.07, 6.45) is 6.24. The molecule has 4 fully saturated rings. The number of halogens is 1. The smallest absolute Gasteiger partial charge is 0.316 e. The normalized spacial score (nSPS) is 28.4. The van der Waals surface area contributed by atoms with Gasteiger partial charge in [0.15, 0.2) is 10.9 Å². The predicted molar refractivity (Wildman–Crippen MR) is 287 cm³/mol. The Morgan fingerprint density at radius 3 is 2.49 bits per heavy atom. The number of esters is 2. The van der Waals surface area contributed by atoms with Crippen LogP contribution in [0.4, 0.5) is 22.5 Å². The molecule has 0 spiro atoms. The fraction of sp³-hybridized carbons (Fsp3) is 0.439. The van der Waals surface area contributed by atoms with E-state index in [1.165, 1.54) is 30.7 Å².